The average molecular weight is 375 g/mol. The van der Waals surface area contributed by atoms with Crippen LogP contribution in [0.1, 0.15) is 11.1 Å². The number of alkyl halides is 6. The quantitative estimate of drug-likeness (QED) is 0.700. The number of benzene rings is 1. The van der Waals surface area contributed by atoms with Gasteiger partial charge in [0.15, 0.2) is 11.5 Å². The van der Waals surface area contributed by atoms with Crippen molar-refractivity contribution in [3.05, 3.63) is 48.0 Å². The van der Waals surface area contributed by atoms with Gasteiger partial charge in [-0.05, 0) is 17.7 Å². The van der Waals surface area contributed by atoms with Gasteiger partial charge in [0.1, 0.15) is 18.4 Å². The second-order valence-electron chi connectivity index (χ2n) is 5.43. The normalized spacial score (nSPS) is 12.5. The molecule has 0 unspecified atom stereocenters. The molecule has 0 aliphatic heterocycles. The van der Waals surface area contributed by atoms with Gasteiger partial charge in [0, 0.05) is 6.54 Å². The molecule has 0 aliphatic rings. The number of imidazole rings is 1. The first-order valence-corrected chi connectivity index (χ1v) is 7.26. The maximum Gasteiger partial charge on any atom is 0.416 e. The standard InChI is InChI=1S/C15H11F6N5/c16-14(17,18)6-26-8-25-11-12(23-7-24-13(11)26)22-5-9-2-1-3-10(4-9)15(19,20)21/h1-4,7-8H,5-6H2,(H,22,23,24). The molecule has 1 N–H and O–H groups in total. The average Bonchev–Trinajstić information content (AvgIpc) is 2.94. The Morgan fingerprint density at radius 2 is 1.77 bits per heavy atom. The largest absolute Gasteiger partial charge is 0.416 e. The van der Waals surface area contributed by atoms with Gasteiger partial charge in [-0.25, -0.2) is 15.0 Å². The van der Waals surface area contributed by atoms with E-state index in [-0.39, 0.29) is 23.5 Å². The Balaban J connectivity index is 1.82. The van der Waals surface area contributed by atoms with Crippen LogP contribution in [-0.4, -0.2) is 25.7 Å². The number of anilines is 1. The highest BCUT2D eigenvalue weighted by Crippen LogP contribution is 2.30. The highest BCUT2D eigenvalue weighted by atomic mass is 19.4. The molecule has 3 rings (SSSR count). The lowest BCUT2D eigenvalue weighted by molar-refractivity contribution is -0.140. The topological polar surface area (TPSA) is 55.6 Å². The summed E-state index contributed by atoms with van der Waals surface area (Å²) in [5.74, 6) is 0.133. The molecule has 0 atom stereocenters. The summed E-state index contributed by atoms with van der Waals surface area (Å²) in [5.41, 5.74) is -0.381. The minimum absolute atomic E-state index is 0.0117. The smallest absolute Gasteiger partial charge is 0.364 e. The number of fused-ring (bicyclic) bond motifs is 1. The van der Waals surface area contributed by atoms with Crippen LogP contribution in [0.5, 0.6) is 0 Å². The van der Waals surface area contributed by atoms with Crippen molar-refractivity contribution in [2.45, 2.75) is 25.4 Å². The summed E-state index contributed by atoms with van der Waals surface area (Å²) in [6.45, 7) is -1.27. The SMILES string of the molecule is FC(F)(F)Cn1cnc2c(NCc3cccc(C(F)(F)F)c3)ncnc21. The van der Waals surface area contributed by atoms with Gasteiger partial charge < -0.3 is 9.88 Å². The fraction of sp³-hybridized carbons (Fsp3) is 0.267. The van der Waals surface area contributed by atoms with E-state index in [1.54, 1.807) is 0 Å². The molecule has 3 aromatic rings. The monoisotopic (exact) mass is 375 g/mol. The van der Waals surface area contributed by atoms with Crippen LogP contribution in [0.2, 0.25) is 0 Å². The van der Waals surface area contributed by atoms with Crippen molar-refractivity contribution in [1.29, 1.82) is 0 Å². The predicted octanol–water partition coefficient (Wildman–Crippen LogP) is 4.02. The molecule has 0 saturated heterocycles. The Kier molecular flexibility index (Phi) is 4.46. The molecule has 0 aliphatic carbocycles. The van der Waals surface area contributed by atoms with E-state index in [0.29, 0.717) is 5.56 Å². The first kappa shape index (κ1) is 18.0. The van der Waals surface area contributed by atoms with Gasteiger partial charge in [-0.3, -0.25) is 0 Å². The van der Waals surface area contributed by atoms with E-state index in [9.17, 15) is 26.3 Å². The number of nitrogens with one attached hydrogen (secondary N) is 1. The summed E-state index contributed by atoms with van der Waals surface area (Å²) in [5, 5.41) is 2.78. The lowest BCUT2D eigenvalue weighted by Gasteiger charge is -2.10. The highest BCUT2D eigenvalue weighted by molar-refractivity contribution is 5.82. The van der Waals surface area contributed by atoms with Gasteiger partial charge in [-0.2, -0.15) is 26.3 Å². The second-order valence-corrected chi connectivity index (χ2v) is 5.43. The molecule has 0 radical (unpaired) electrons. The molecule has 2 aromatic heterocycles. The van der Waals surface area contributed by atoms with Gasteiger partial charge in [0.25, 0.3) is 0 Å². The number of halogens is 6. The Morgan fingerprint density at radius 3 is 2.46 bits per heavy atom. The summed E-state index contributed by atoms with van der Waals surface area (Å²) in [7, 11) is 0. The van der Waals surface area contributed by atoms with Crippen LogP contribution < -0.4 is 5.32 Å². The Morgan fingerprint density at radius 1 is 1.00 bits per heavy atom. The van der Waals surface area contributed by atoms with Crippen molar-refractivity contribution in [2.75, 3.05) is 5.32 Å². The van der Waals surface area contributed by atoms with Crippen molar-refractivity contribution < 1.29 is 26.3 Å². The van der Waals surface area contributed by atoms with Gasteiger partial charge in [-0.15, -0.1) is 0 Å². The van der Waals surface area contributed by atoms with Gasteiger partial charge in [0.05, 0.1) is 11.9 Å². The first-order chi connectivity index (χ1) is 12.1. The number of nitrogens with zero attached hydrogens (tertiary/aromatic N) is 4. The van der Waals surface area contributed by atoms with Gasteiger partial charge >= 0.3 is 12.4 Å². The molecule has 0 fully saturated rings. The van der Waals surface area contributed by atoms with Crippen LogP contribution in [0, 0.1) is 0 Å². The fourth-order valence-corrected chi connectivity index (χ4v) is 2.36. The zero-order valence-corrected chi connectivity index (χ0v) is 12.9. The molecule has 0 spiro atoms. The third-order valence-corrected chi connectivity index (χ3v) is 3.47. The molecule has 138 valence electrons. The summed E-state index contributed by atoms with van der Waals surface area (Å²) < 4.78 is 76.7. The van der Waals surface area contributed by atoms with E-state index in [0.717, 1.165) is 29.4 Å². The van der Waals surface area contributed by atoms with Gasteiger partial charge in [-0.1, -0.05) is 12.1 Å². The zero-order chi connectivity index (χ0) is 18.9. The molecule has 11 heteroatoms. The maximum absolute atomic E-state index is 12.7. The molecule has 1 aromatic carbocycles. The molecular weight excluding hydrogens is 364 g/mol. The lowest BCUT2D eigenvalue weighted by atomic mass is 10.1. The molecule has 0 amide bonds. The summed E-state index contributed by atoms with van der Waals surface area (Å²) in [6, 6.07) is 4.69. The molecule has 2 heterocycles. The van der Waals surface area contributed by atoms with E-state index in [2.05, 4.69) is 20.3 Å². The zero-order valence-electron chi connectivity index (χ0n) is 12.9. The minimum Gasteiger partial charge on any atom is -0.364 e. The number of rotatable bonds is 4. The molecule has 26 heavy (non-hydrogen) atoms. The van der Waals surface area contributed by atoms with Crippen LogP contribution in [0.4, 0.5) is 32.2 Å². The second kappa shape index (κ2) is 6.46. The number of hydrogen-bond acceptors (Lipinski definition) is 4. The van der Waals surface area contributed by atoms with E-state index < -0.39 is 24.5 Å². The van der Waals surface area contributed by atoms with Crippen LogP contribution in [0.15, 0.2) is 36.9 Å². The van der Waals surface area contributed by atoms with E-state index in [1.807, 2.05) is 0 Å². The first-order valence-electron chi connectivity index (χ1n) is 7.26. The lowest BCUT2D eigenvalue weighted by Crippen LogP contribution is -2.17. The molecular formula is C15H11F6N5. The van der Waals surface area contributed by atoms with Crippen LogP contribution in [0.3, 0.4) is 0 Å². The maximum atomic E-state index is 12.7. The number of hydrogen-bond donors (Lipinski definition) is 1. The van der Waals surface area contributed by atoms with E-state index in [1.165, 1.54) is 12.1 Å². The Hall–Kier alpha value is -2.85. The van der Waals surface area contributed by atoms with Crippen molar-refractivity contribution >= 4 is 17.0 Å². The van der Waals surface area contributed by atoms with Crippen LogP contribution >= 0.6 is 0 Å². The van der Waals surface area contributed by atoms with Crippen LogP contribution in [-0.2, 0) is 19.3 Å². The third kappa shape index (κ3) is 4.03. The summed E-state index contributed by atoms with van der Waals surface area (Å²) >= 11 is 0. The minimum atomic E-state index is -4.46. The number of aromatic nitrogens is 4. The highest BCUT2D eigenvalue weighted by Gasteiger charge is 2.30. The van der Waals surface area contributed by atoms with E-state index >= 15 is 0 Å². The van der Waals surface area contributed by atoms with Crippen molar-refractivity contribution in [3.8, 4) is 0 Å². The molecule has 5 nitrogen and oxygen atoms in total. The van der Waals surface area contributed by atoms with Crippen molar-refractivity contribution in [1.82, 2.24) is 19.5 Å². The van der Waals surface area contributed by atoms with Crippen molar-refractivity contribution in [3.63, 3.8) is 0 Å². The molecule has 0 bridgehead atoms. The predicted molar refractivity (Wildman–Crippen MR) is 80.1 cm³/mol. The third-order valence-electron chi connectivity index (χ3n) is 3.47. The van der Waals surface area contributed by atoms with Crippen molar-refractivity contribution in [2.24, 2.45) is 0 Å². The Bertz CT molecular complexity index is 915. The summed E-state index contributed by atoms with van der Waals surface area (Å²) in [6.07, 6.45) is -6.85. The fourth-order valence-electron chi connectivity index (χ4n) is 2.36. The van der Waals surface area contributed by atoms with Crippen LogP contribution in [0.25, 0.3) is 11.2 Å². The summed E-state index contributed by atoms with van der Waals surface area (Å²) in [4.78, 5) is 11.6. The van der Waals surface area contributed by atoms with E-state index in [4.69, 9.17) is 0 Å². The molecule has 0 saturated carbocycles. The van der Waals surface area contributed by atoms with Gasteiger partial charge in [0.2, 0.25) is 0 Å². The Labute approximate surface area is 142 Å².